The average molecular weight is 386 g/mol. The fourth-order valence-electron chi connectivity index (χ4n) is 3.63. The summed E-state index contributed by atoms with van der Waals surface area (Å²) in [4.78, 5) is 45.4. The van der Waals surface area contributed by atoms with E-state index in [1.54, 1.807) is 0 Å². The number of carboxylic acids is 1. The van der Waals surface area contributed by atoms with Gasteiger partial charge >= 0.3 is 5.97 Å². The van der Waals surface area contributed by atoms with Crippen LogP contribution in [0.1, 0.15) is 24.8 Å². The standard InChI is InChI=1S/C18H18N4O4S/c23-16-14(27-18(26)21-16)8-10-4-5-12-11(7-10)15(20-9-19-12)22-6-2-1-3-13(22)17(24)25/h4-5,7,9,13-14H,1-3,6,8H2,(H,24,25)(H,21,23,26). The van der Waals surface area contributed by atoms with E-state index in [0.29, 0.717) is 25.2 Å². The van der Waals surface area contributed by atoms with Gasteiger partial charge in [-0.05, 0) is 43.4 Å². The minimum atomic E-state index is -0.852. The number of nitrogens with zero attached hydrogens (tertiary/aromatic N) is 3. The highest BCUT2D eigenvalue weighted by molar-refractivity contribution is 8.15. The first-order valence-corrected chi connectivity index (χ1v) is 9.65. The van der Waals surface area contributed by atoms with Crippen LogP contribution < -0.4 is 10.2 Å². The molecule has 1 aromatic heterocycles. The van der Waals surface area contributed by atoms with Gasteiger partial charge in [0.15, 0.2) is 0 Å². The Labute approximate surface area is 159 Å². The molecule has 2 unspecified atom stereocenters. The van der Waals surface area contributed by atoms with Crippen LogP contribution in [0, 0.1) is 0 Å². The van der Waals surface area contributed by atoms with E-state index in [1.165, 1.54) is 6.33 Å². The van der Waals surface area contributed by atoms with E-state index >= 15 is 0 Å². The van der Waals surface area contributed by atoms with Crippen molar-refractivity contribution in [3.8, 4) is 0 Å². The number of carbonyl (C=O) groups is 3. The molecule has 2 aromatic rings. The van der Waals surface area contributed by atoms with Gasteiger partial charge in [-0.15, -0.1) is 0 Å². The first kappa shape index (κ1) is 17.7. The third-order valence-corrected chi connectivity index (χ3v) is 5.91. The Hall–Kier alpha value is -2.68. The van der Waals surface area contributed by atoms with Gasteiger partial charge in [0.05, 0.1) is 10.8 Å². The summed E-state index contributed by atoms with van der Waals surface area (Å²) in [5.74, 6) is -0.527. The predicted molar refractivity (Wildman–Crippen MR) is 101 cm³/mol. The molecule has 2 fully saturated rings. The van der Waals surface area contributed by atoms with Crippen LogP contribution in [0.15, 0.2) is 24.5 Å². The van der Waals surface area contributed by atoms with E-state index in [-0.39, 0.29) is 11.1 Å². The molecule has 1 aromatic carbocycles. The normalized spacial score (nSPS) is 22.9. The predicted octanol–water partition coefficient (Wildman–Crippen LogP) is 1.97. The zero-order valence-electron chi connectivity index (χ0n) is 14.4. The number of rotatable bonds is 4. The summed E-state index contributed by atoms with van der Waals surface area (Å²) in [7, 11) is 0. The molecule has 0 saturated carbocycles. The summed E-state index contributed by atoms with van der Waals surface area (Å²) in [5.41, 5.74) is 1.60. The lowest BCUT2D eigenvalue weighted by atomic mass is 10.0. The fourth-order valence-corrected chi connectivity index (χ4v) is 4.49. The van der Waals surface area contributed by atoms with E-state index in [2.05, 4.69) is 15.3 Å². The quantitative estimate of drug-likeness (QED) is 0.820. The van der Waals surface area contributed by atoms with Gasteiger partial charge in [-0.1, -0.05) is 17.8 Å². The Kier molecular flexibility index (Phi) is 4.69. The fraction of sp³-hybridized carbons (Fsp3) is 0.389. The number of anilines is 1. The molecular formula is C18H18N4O4S. The number of fused-ring (bicyclic) bond motifs is 1. The monoisotopic (exact) mass is 386 g/mol. The van der Waals surface area contributed by atoms with E-state index in [0.717, 1.165) is 41.1 Å². The number of carbonyl (C=O) groups excluding carboxylic acids is 2. The van der Waals surface area contributed by atoms with Gasteiger partial charge in [0, 0.05) is 11.9 Å². The Morgan fingerprint density at radius 1 is 1.30 bits per heavy atom. The maximum Gasteiger partial charge on any atom is 0.326 e. The maximum absolute atomic E-state index is 11.8. The van der Waals surface area contributed by atoms with Crippen LogP contribution in [0.2, 0.25) is 0 Å². The zero-order valence-corrected chi connectivity index (χ0v) is 15.2. The molecule has 140 valence electrons. The highest BCUT2D eigenvalue weighted by Crippen LogP contribution is 2.31. The molecule has 2 N–H and O–H groups in total. The van der Waals surface area contributed by atoms with Crippen LogP contribution >= 0.6 is 11.8 Å². The first-order chi connectivity index (χ1) is 13.0. The maximum atomic E-state index is 11.8. The van der Waals surface area contributed by atoms with Gasteiger partial charge in [-0.2, -0.15) is 0 Å². The second kappa shape index (κ2) is 7.15. The second-order valence-electron chi connectivity index (χ2n) is 6.68. The number of hydrogen-bond donors (Lipinski definition) is 2. The van der Waals surface area contributed by atoms with E-state index in [1.807, 2.05) is 23.1 Å². The topological polar surface area (TPSA) is 112 Å². The van der Waals surface area contributed by atoms with Gasteiger partial charge in [0.25, 0.3) is 5.24 Å². The lowest BCUT2D eigenvalue weighted by molar-refractivity contribution is -0.139. The SMILES string of the molecule is O=C1NC(=O)C(Cc2ccc3ncnc(N4CCCCC4C(=O)O)c3c2)S1. The number of thioether (sulfide) groups is 1. The molecule has 0 spiro atoms. The molecule has 2 saturated heterocycles. The minimum Gasteiger partial charge on any atom is -0.480 e. The van der Waals surface area contributed by atoms with Crippen molar-refractivity contribution in [1.82, 2.24) is 15.3 Å². The molecule has 3 heterocycles. The van der Waals surface area contributed by atoms with E-state index in [4.69, 9.17) is 0 Å². The van der Waals surface area contributed by atoms with Crippen LogP contribution in [0.5, 0.6) is 0 Å². The first-order valence-electron chi connectivity index (χ1n) is 8.77. The van der Waals surface area contributed by atoms with Crippen molar-refractivity contribution < 1.29 is 19.5 Å². The van der Waals surface area contributed by atoms with Crippen molar-refractivity contribution in [2.75, 3.05) is 11.4 Å². The van der Waals surface area contributed by atoms with Crippen molar-refractivity contribution in [3.63, 3.8) is 0 Å². The third kappa shape index (κ3) is 3.46. The molecule has 2 aliphatic rings. The number of carboxylic acid groups (broad SMARTS) is 1. The van der Waals surface area contributed by atoms with E-state index in [9.17, 15) is 19.5 Å². The van der Waals surface area contributed by atoms with Gasteiger partial charge in [-0.3, -0.25) is 14.9 Å². The largest absolute Gasteiger partial charge is 0.480 e. The number of imide groups is 1. The summed E-state index contributed by atoms with van der Waals surface area (Å²) in [5, 5.41) is 11.9. The Morgan fingerprint density at radius 2 is 2.15 bits per heavy atom. The van der Waals surface area contributed by atoms with Crippen LogP contribution in [0.4, 0.5) is 10.6 Å². The van der Waals surface area contributed by atoms with Gasteiger partial charge < -0.3 is 10.0 Å². The molecule has 0 bridgehead atoms. The zero-order chi connectivity index (χ0) is 19.0. The van der Waals surface area contributed by atoms with Gasteiger partial charge in [-0.25, -0.2) is 14.8 Å². The van der Waals surface area contributed by atoms with Crippen molar-refractivity contribution >= 4 is 45.6 Å². The molecule has 2 atom stereocenters. The second-order valence-corrected chi connectivity index (χ2v) is 7.85. The highest BCUT2D eigenvalue weighted by Gasteiger charge is 2.32. The molecule has 0 radical (unpaired) electrons. The lowest BCUT2D eigenvalue weighted by Gasteiger charge is -2.34. The van der Waals surface area contributed by atoms with Crippen LogP contribution in [0.25, 0.3) is 10.9 Å². The van der Waals surface area contributed by atoms with Crippen molar-refractivity contribution in [2.24, 2.45) is 0 Å². The summed E-state index contributed by atoms with van der Waals surface area (Å²) >= 11 is 0.991. The van der Waals surface area contributed by atoms with E-state index < -0.39 is 17.3 Å². The molecule has 2 aliphatic heterocycles. The van der Waals surface area contributed by atoms with Gasteiger partial charge in [0.1, 0.15) is 18.2 Å². The molecule has 8 nitrogen and oxygen atoms in total. The van der Waals surface area contributed by atoms with Crippen molar-refractivity contribution in [1.29, 1.82) is 0 Å². The Morgan fingerprint density at radius 3 is 2.89 bits per heavy atom. The summed E-state index contributed by atoms with van der Waals surface area (Å²) in [6.45, 7) is 0.628. The minimum absolute atomic E-state index is 0.281. The summed E-state index contributed by atoms with van der Waals surface area (Å²) in [6, 6.07) is 5.01. The number of nitrogens with one attached hydrogen (secondary N) is 1. The van der Waals surface area contributed by atoms with Crippen LogP contribution in [-0.4, -0.2) is 50.0 Å². The average Bonchev–Trinajstić information content (AvgIpc) is 2.98. The molecule has 0 aliphatic carbocycles. The smallest absolute Gasteiger partial charge is 0.326 e. The van der Waals surface area contributed by atoms with Crippen LogP contribution in [0.3, 0.4) is 0 Å². The number of amides is 2. The van der Waals surface area contributed by atoms with Crippen molar-refractivity contribution in [3.05, 3.63) is 30.1 Å². The van der Waals surface area contributed by atoms with Crippen molar-refractivity contribution in [2.45, 2.75) is 37.0 Å². The number of aliphatic carboxylic acids is 1. The molecule has 9 heteroatoms. The third-order valence-electron chi connectivity index (χ3n) is 4.93. The Balaban J connectivity index is 1.70. The number of hydrogen-bond acceptors (Lipinski definition) is 7. The molecule has 27 heavy (non-hydrogen) atoms. The van der Waals surface area contributed by atoms with Crippen LogP contribution in [-0.2, 0) is 16.0 Å². The summed E-state index contributed by atoms with van der Waals surface area (Å²) in [6.07, 6.45) is 4.24. The lowest BCUT2D eigenvalue weighted by Crippen LogP contribution is -2.45. The number of benzene rings is 1. The Bertz CT molecular complexity index is 935. The molecular weight excluding hydrogens is 368 g/mol. The molecule has 2 amide bonds. The van der Waals surface area contributed by atoms with Gasteiger partial charge in [0.2, 0.25) is 5.91 Å². The summed E-state index contributed by atoms with van der Waals surface area (Å²) < 4.78 is 0. The highest BCUT2D eigenvalue weighted by atomic mass is 32.2. The number of aromatic nitrogens is 2. The molecule has 4 rings (SSSR count). The number of piperidine rings is 1.